The molecule has 3 aliphatic rings. The van der Waals surface area contributed by atoms with Gasteiger partial charge in [-0.3, -0.25) is 4.79 Å². The second-order valence-corrected chi connectivity index (χ2v) is 7.04. The highest BCUT2D eigenvalue weighted by atomic mass is 16.4. The van der Waals surface area contributed by atoms with Gasteiger partial charge in [-0.1, -0.05) is 0 Å². The Morgan fingerprint density at radius 1 is 1.25 bits per heavy atom. The first-order valence-corrected chi connectivity index (χ1v) is 7.78. The Morgan fingerprint density at radius 2 is 1.85 bits per heavy atom. The van der Waals surface area contributed by atoms with Gasteiger partial charge in [-0.25, -0.2) is 4.79 Å². The largest absolute Gasteiger partial charge is 0.481 e. The molecule has 0 aromatic rings. The van der Waals surface area contributed by atoms with Gasteiger partial charge in [0.05, 0.1) is 5.41 Å². The lowest BCUT2D eigenvalue weighted by atomic mass is 9.82. The molecule has 1 unspecified atom stereocenters. The summed E-state index contributed by atoms with van der Waals surface area (Å²) in [7, 11) is 0. The number of carboxylic acid groups (broad SMARTS) is 1. The normalized spacial score (nSPS) is 30.4. The predicted molar refractivity (Wildman–Crippen MR) is 74.3 cm³/mol. The van der Waals surface area contributed by atoms with Crippen LogP contribution in [0.4, 0.5) is 4.79 Å². The summed E-state index contributed by atoms with van der Waals surface area (Å²) in [4.78, 5) is 25.5. The summed E-state index contributed by atoms with van der Waals surface area (Å²) in [5.41, 5.74) is -0.787. The highest BCUT2D eigenvalue weighted by molar-refractivity contribution is 5.78. The van der Waals surface area contributed by atoms with Crippen LogP contribution >= 0.6 is 0 Å². The van der Waals surface area contributed by atoms with Crippen LogP contribution in [-0.2, 0) is 4.79 Å². The third-order valence-corrected chi connectivity index (χ3v) is 5.05. The Morgan fingerprint density at radius 3 is 2.35 bits per heavy atom. The highest BCUT2D eigenvalue weighted by Crippen LogP contribution is 2.44. The monoisotopic (exact) mass is 280 g/mol. The van der Waals surface area contributed by atoms with Gasteiger partial charge in [0.25, 0.3) is 0 Å². The molecule has 2 saturated carbocycles. The van der Waals surface area contributed by atoms with Crippen LogP contribution in [0.2, 0.25) is 0 Å². The number of hydrogen-bond donors (Lipinski definition) is 2. The van der Waals surface area contributed by atoms with Crippen molar-refractivity contribution in [3.8, 4) is 0 Å². The minimum Gasteiger partial charge on any atom is -0.481 e. The molecule has 0 spiro atoms. The zero-order valence-corrected chi connectivity index (χ0v) is 12.1. The van der Waals surface area contributed by atoms with E-state index < -0.39 is 11.4 Å². The maximum atomic E-state index is 12.4. The van der Waals surface area contributed by atoms with Crippen molar-refractivity contribution in [3.63, 3.8) is 0 Å². The molecule has 5 heteroatoms. The Labute approximate surface area is 119 Å². The molecule has 2 amide bonds. The van der Waals surface area contributed by atoms with E-state index in [9.17, 15) is 14.7 Å². The molecule has 0 aromatic carbocycles. The number of carbonyl (C=O) groups excluding carboxylic acids is 1. The average molecular weight is 280 g/mol. The standard InChI is InChI=1S/C15H24N2O3/c1-15(13(18)19)7-2-8-17(9-15)14(20)16-12(10-3-4-10)11-5-6-11/h10-12H,2-9H2,1H3,(H,16,20)(H,18,19). The number of carboxylic acids is 1. The third kappa shape index (κ3) is 2.76. The summed E-state index contributed by atoms with van der Waals surface area (Å²) < 4.78 is 0. The number of urea groups is 1. The lowest BCUT2D eigenvalue weighted by Gasteiger charge is -2.38. The van der Waals surface area contributed by atoms with Crippen molar-refractivity contribution in [1.29, 1.82) is 0 Å². The number of piperidine rings is 1. The molecule has 1 saturated heterocycles. The number of rotatable bonds is 4. The van der Waals surface area contributed by atoms with Gasteiger partial charge < -0.3 is 15.3 Å². The quantitative estimate of drug-likeness (QED) is 0.828. The molecule has 1 atom stereocenters. The molecule has 0 radical (unpaired) electrons. The first-order chi connectivity index (χ1) is 9.49. The highest BCUT2D eigenvalue weighted by Gasteiger charge is 2.44. The lowest BCUT2D eigenvalue weighted by Crippen LogP contribution is -2.53. The first kappa shape index (κ1) is 13.7. The van der Waals surface area contributed by atoms with Crippen LogP contribution in [-0.4, -0.2) is 41.1 Å². The summed E-state index contributed by atoms with van der Waals surface area (Å²) in [5, 5.41) is 12.5. The molecule has 2 N–H and O–H groups in total. The molecular formula is C15H24N2O3. The Kier molecular flexibility index (Phi) is 3.38. The topological polar surface area (TPSA) is 69.6 Å². The third-order valence-electron chi connectivity index (χ3n) is 5.05. The van der Waals surface area contributed by atoms with Gasteiger partial charge in [-0.15, -0.1) is 0 Å². The van der Waals surface area contributed by atoms with Crippen LogP contribution < -0.4 is 5.32 Å². The SMILES string of the molecule is CC1(C(=O)O)CCCN(C(=O)NC(C2CC2)C2CC2)C1. The Balaban J connectivity index is 1.60. The molecule has 112 valence electrons. The summed E-state index contributed by atoms with van der Waals surface area (Å²) in [6, 6.07) is 0.279. The van der Waals surface area contributed by atoms with Crippen LogP contribution in [0.15, 0.2) is 0 Å². The molecule has 0 bridgehead atoms. The fraction of sp³-hybridized carbons (Fsp3) is 0.867. The summed E-state index contributed by atoms with van der Waals surface area (Å²) in [6.07, 6.45) is 6.35. The van der Waals surface area contributed by atoms with Crippen molar-refractivity contribution in [1.82, 2.24) is 10.2 Å². The number of hydrogen-bond acceptors (Lipinski definition) is 2. The number of nitrogens with one attached hydrogen (secondary N) is 1. The summed E-state index contributed by atoms with van der Waals surface area (Å²) in [5.74, 6) is 0.542. The molecule has 3 rings (SSSR count). The number of aliphatic carboxylic acids is 1. The number of amides is 2. The zero-order valence-electron chi connectivity index (χ0n) is 12.1. The van der Waals surface area contributed by atoms with E-state index in [1.807, 2.05) is 0 Å². The van der Waals surface area contributed by atoms with E-state index in [-0.39, 0.29) is 6.03 Å². The molecule has 20 heavy (non-hydrogen) atoms. The van der Waals surface area contributed by atoms with Gasteiger partial charge in [-0.05, 0) is 57.3 Å². The van der Waals surface area contributed by atoms with E-state index in [0.717, 1.165) is 6.42 Å². The van der Waals surface area contributed by atoms with Crippen molar-refractivity contribution in [2.45, 2.75) is 51.5 Å². The van der Waals surface area contributed by atoms with E-state index in [0.29, 0.717) is 37.4 Å². The zero-order chi connectivity index (χ0) is 14.3. The molecule has 1 heterocycles. The maximum Gasteiger partial charge on any atom is 0.317 e. The van der Waals surface area contributed by atoms with Crippen LogP contribution in [0.25, 0.3) is 0 Å². The van der Waals surface area contributed by atoms with Gasteiger partial charge in [0.1, 0.15) is 0 Å². The van der Waals surface area contributed by atoms with Crippen LogP contribution in [0.5, 0.6) is 0 Å². The molecule has 1 aliphatic heterocycles. The van der Waals surface area contributed by atoms with E-state index in [2.05, 4.69) is 5.32 Å². The number of nitrogens with zero attached hydrogens (tertiary/aromatic N) is 1. The van der Waals surface area contributed by atoms with Gasteiger partial charge in [0.15, 0.2) is 0 Å². The lowest BCUT2D eigenvalue weighted by molar-refractivity contribution is -0.150. The van der Waals surface area contributed by atoms with Gasteiger partial charge in [0, 0.05) is 19.1 Å². The average Bonchev–Trinajstić information content (AvgIpc) is 3.28. The Bertz CT molecular complexity index is 405. The first-order valence-electron chi connectivity index (χ1n) is 7.78. The van der Waals surface area contributed by atoms with Crippen LogP contribution in [0.1, 0.15) is 45.4 Å². The molecule has 0 aromatic heterocycles. The van der Waals surface area contributed by atoms with E-state index in [1.165, 1.54) is 25.7 Å². The van der Waals surface area contributed by atoms with Crippen molar-refractivity contribution in [2.75, 3.05) is 13.1 Å². The van der Waals surface area contributed by atoms with Crippen molar-refractivity contribution >= 4 is 12.0 Å². The number of carbonyl (C=O) groups is 2. The second-order valence-electron chi connectivity index (χ2n) is 7.04. The van der Waals surface area contributed by atoms with Crippen LogP contribution in [0.3, 0.4) is 0 Å². The van der Waals surface area contributed by atoms with Crippen LogP contribution in [0, 0.1) is 17.3 Å². The van der Waals surface area contributed by atoms with E-state index >= 15 is 0 Å². The fourth-order valence-electron chi connectivity index (χ4n) is 3.35. The van der Waals surface area contributed by atoms with Crippen molar-refractivity contribution < 1.29 is 14.7 Å². The van der Waals surface area contributed by atoms with Gasteiger partial charge >= 0.3 is 12.0 Å². The maximum absolute atomic E-state index is 12.4. The molecular weight excluding hydrogens is 256 g/mol. The van der Waals surface area contributed by atoms with Gasteiger partial charge in [0.2, 0.25) is 0 Å². The molecule has 2 aliphatic carbocycles. The molecule has 3 fully saturated rings. The van der Waals surface area contributed by atoms with Crippen molar-refractivity contribution in [2.24, 2.45) is 17.3 Å². The van der Waals surface area contributed by atoms with Gasteiger partial charge in [-0.2, -0.15) is 0 Å². The summed E-state index contributed by atoms with van der Waals surface area (Å²) >= 11 is 0. The summed E-state index contributed by atoms with van der Waals surface area (Å²) in [6.45, 7) is 2.75. The minimum absolute atomic E-state index is 0.0547. The van der Waals surface area contributed by atoms with E-state index in [4.69, 9.17) is 0 Å². The smallest absolute Gasteiger partial charge is 0.317 e. The predicted octanol–water partition coefficient (Wildman–Crippen LogP) is 2.07. The Hall–Kier alpha value is -1.26. The molecule has 5 nitrogen and oxygen atoms in total. The van der Waals surface area contributed by atoms with Crippen molar-refractivity contribution in [3.05, 3.63) is 0 Å². The minimum atomic E-state index is -0.795. The second kappa shape index (κ2) is 4.93. The number of likely N-dealkylation sites (tertiary alicyclic amines) is 1. The fourth-order valence-corrected chi connectivity index (χ4v) is 3.35. The van der Waals surface area contributed by atoms with E-state index in [1.54, 1.807) is 11.8 Å².